The van der Waals surface area contributed by atoms with Gasteiger partial charge in [0.2, 0.25) is 0 Å². The minimum atomic E-state index is -0.556. The van der Waals surface area contributed by atoms with Crippen molar-refractivity contribution in [3.05, 3.63) is 0 Å². The van der Waals surface area contributed by atoms with Crippen molar-refractivity contribution >= 4 is 14.5 Å². The lowest BCUT2D eigenvalue weighted by molar-refractivity contribution is 0.510. The van der Waals surface area contributed by atoms with Crippen LogP contribution in [0.5, 0.6) is 0 Å². The van der Waals surface area contributed by atoms with E-state index in [0.29, 0.717) is 7.56 Å². The van der Waals surface area contributed by atoms with Crippen molar-refractivity contribution < 1.29 is 9.34 Å². The number of rotatable bonds is 4. The second-order valence-electron chi connectivity index (χ2n) is 3.68. The molecule has 11 heavy (non-hydrogen) atoms. The Morgan fingerprint density at radius 3 is 1.82 bits per heavy atom. The van der Waals surface area contributed by atoms with Gasteiger partial charge in [0.1, 0.15) is 0 Å². The lowest BCUT2D eigenvalue weighted by Crippen LogP contribution is -2.30. The van der Waals surface area contributed by atoms with E-state index in [1.54, 1.807) is 0 Å². The monoisotopic (exact) mass is 157 g/mol. The molecule has 0 aromatic carbocycles. The van der Waals surface area contributed by atoms with Gasteiger partial charge in [-0.3, -0.25) is 0 Å². The fraction of sp³-hybridized carbons (Fsp3) is 1.00. The fourth-order valence-electron chi connectivity index (χ4n) is 1.06. The largest absolute Gasteiger partial charge is 0.450 e. The van der Waals surface area contributed by atoms with Crippen LogP contribution in [0.25, 0.3) is 0 Å². The molecule has 0 aliphatic rings. The molecule has 0 bridgehead atoms. The van der Waals surface area contributed by atoms with Gasteiger partial charge >= 0.3 is 7.56 Å². The van der Waals surface area contributed by atoms with Crippen molar-refractivity contribution in [2.24, 2.45) is 5.92 Å². The second-order valence-corrected chi connectivity index (χ2v) is 3.68. The van der Waals surface area contributed by atoms with Crippen LogP contribution in [0.3, 0.4) is 0 Å². The molecule has 0 aliphatic heterocycles. The summed E-state index contributed by atoms with van der Waals surface area (Å²) in [4.78, 5) is 0. The molecular formula is C7H16B2FO. The van der Waals surface area contributed by atoms with Crippen molar-refractivity contribution in [2.45, 2.75) is 39.2 Å². The normalized spacial score (nSPS) is 13.8. The van der Waals surface area contributed by atoms with Crippen molar-refractivity contribution in [3.63, 3.8) is 0 Å². The lowest BCUT2D eigenvalue weighted by atomic mass is 9.38. The quantitative estimate of drug-likeness (QED) is 0.618. The first-order valence-corrected chi connectivity index (χ1v) is 4.12. The first-order chi connectivity index (χ1) is 5.00. The van der Waals surface area contributed by atoms with E-state index < -0.39 is 6.92 Å². The third-order valence-corrected chi connectivity index (χ3v) is 1.99. The highest BCUT2D eigenvalue weighted by Gasteiger charge is 2.30. The minimum Gasteiger partial charge on any atom is -0.450 e. The van der Waals surface area contributed by atoms with Gasteiger partial charge in [0.15, 0.2) is 0 Å². The Bertz CT molecular complexity index is 109. The molecule has 0 rings (SSSR count). The third-order valence-electron chi connectivity index (χ3n) is 1.99. The van der Waals surface area contributed by atoms with Crippen LogP contribution in [-0.4, -0.2) is 19.5 Å². The van der Waals surface area contributed by atoms with Crippen LogP contribution in [0.1, 0.15) is 27.7 Å². The first-order valence-electron chi connectivity index (χ1n) is 4.12. The molecule has 1 unspecified atom stereocenters. The molecule has 0 aliphatic carbocycles. The maximum absolute atomic E-state index is 12.2. The Balaban J connectivity index is 4.02. The molecule has 0 amide bonds. The first kappa shape index (κ1) is 11.0. The zero-order valence-corrected chi connectivity index (χ0v) is 7.71. The van der Waals surface area contributed by atoms with Crippen LogP contribution in [0.15, 0.2) is 0 Å². The Hall–Kier alpha value is 0.0199. The lowest BCUT2D eigenvalue weighted by Gasteiger charge is -2.21. The zero-order chi connectivity index (χ0) is 9.02. The summed E-state index contributed by atoms with van der Waals surface area (Å²) in [6.45, 7) is 7.05. The average Bonchev–Trinajstić information content (AvgIpc) is 1.88. The van der Waals surface area contributed by atoms with Crippen LogP contribution in [0, 0.1) is 5.92 Å². The highest BCUT2D eigenvalue weighted by molar-refractivity contribution is 6.65. The van der Waals surface area contributed by atoms with Gasteiger partial charge in [-0.15, -0.1) is 0 Å². The van der Waals surface area contributed by atoms with Crippen LogP contribution >= 0.6 is 0 Å². The molecular weight excluding hydrogens is 141 g/mol. The van der Waals surface area contributed by atoms with Crippen molar-refractivity contribution in [2.75, 3.05) is 0 Å². The maximum atomic E-state index is 12.2. The van der Waals surface area contributed by atoms with E-state index in [2.05, 4.69) is 0 Å². The summed E-state index contributed by atoms with van der Waals surface area (Å²) in [6, 6.07) is 0. The number of halogens is 1. The third kappa shape index (κ3) is 3.28. The van der Waals surface area contributed by atoms with Gasteiger partial charge in [-0.2, -0.15) is 0 Å². The smallest absolute Gasteiger partial charge is 0.352 e. The number of hydrogen-bond acceptors (Lipinski definition) is 1. The standard InChI is InChI=1S/C7H16B2FO/c1-5(2)7(8-10)9(11)6(3)4/h5-7,11H,1-4H3. The van der Waals surface area contributed by atoms with Gasteiger partial charge in [0.25, 0.3) is 6.92 Å². The van der Waals surface area contributed by atoms with Gasteiger partial charge in [-0.25, -0.2) is 0 Å². The van der Waals surface area contributed by atoms with Gasteiger partial charge < -0.3 is 9.34 Å². The average molecular weight is 157 g/mol. The van der Waals surface area contributed by atoms with E-state index >= 15 is 0 Å². The highest BCUT2D eigenvalue weighted by Crippen LogP contribution is 2.25. The predicted molar refractivity (Wildman–Crippen MR) is 48.5 cm³/mol. The van der Waals surface area contributed by atoms with E-state index in [9.17, 15) is 9.34 Å². The Morgan fingerprint density at radius 2 is 1.73 bits per heavy atom. The Labute approximate surface area is 69.8 Å². The summed E-state index contributed by atoms with van der Waals surface area (Å²) in [5, 5.41) is 9.49. The van der Waals surface area contributed by atoms with Crippen molar-refractivity contribution in [3.8, 4) is 0 Å². The summed E-state index contributed by atoms with van der Waals surface area (Å²) in [7, 11) is 0.606. The maximum Gasteiger partial charge on any atom is 0.352 e. The van der Waals surface area contributed by atoms with E-state index in [-0.39, 0.29) is 17.5 Å². The van der Waals surface area contributed by atoms with Crippen LogP contribution < -0.4 is 0 Å². The van der Waals surface area contributed by atoms with Crippen LogP contribution in [0.2, 0.25) is 11.5 Å². The fourth-order valence-corrected chi connectivity index (χ4v) is 1.06. The summed E-state index contributed by atoms with van der Waals surface area (Å²) >= 11 is 0. The van der Waals surface area contributed by atoms with Gasteiger partial charge in [0, 0.05) is 0 Å². The van der Waals surface area contributed by atoms with E-state index in [1.165, 1.54) is 0 Å². The Kier molecular flexibility index (Phi) is 4.82. The van der Waals surface area contributed by atoms with Gasteiger partial charge in [-0.1, -0.05) is 33.6 Å². The summed E-state index contributed by atoms with van der Waals surface area (Å²) < 4.78 is 12.2. The van der Waals surface area contributed by atoms with Crippen molar-refractivity contribution in [1.82, 2.24) is 0 Å². The molecule has 0 aromatic heterocycles. The summed E-state index contributed by atoms with van der Waals surface area (Å²) in [6.07, 6.45) is 0. The summed E-state index contributed by atoms with van der Waals surface area (Å²) in [5.41, 5.74) is -0.324. The van der Waals surface area contributed by atoms with E-state index in [1.807, 2.05) is 27.7 Å². The molecule has 0 fully saturated rings. The second kappa shape index (κ2) is 4.81. The molecule has 0 heterocycles. The van der Waals surface area contributed by atoms with E-state index in [4.69, 9.17) is 0 Å². The molecule has 1 nitrogen and oxygen atoms in total. The molecule has 1 atom stereocenters. The topological polar surface area (TPSA) is 20.2 Å². The molecule has 0 saturated carbocycles. The zero-order valence-electron chi connectivity index (χ0n) is 7.71. The number of hydrogen-bond donors (Lipinski definition) is 1. The predicted octanol–water partition coefficient (Wildman–Crippen LogP) is 1.95. The molecule has 63 valence electrons. The van der Waals surface area contributed by atoms with Gasteiger partial charge in [-0.05, 0) is 11.5 Å². The minimum absolute atomic E-state index is 0.120. The molecule has 0 aromatic rings. The van der Waals surface area contributed by atoms with Crippen molar-refractivity contribution in [1.29, 1.82) is 0 Å². The van der Waals surface area contributed by atoms with Crippen LogP contribution in [0.4, 0.5) is 4.32 Å². The summed E-state index contributed by atoms with van der Waals surface area (Å²) in [5.74, 6) is 0.284. The highest BCUT2D eigenvalue weighted by atomic mass is 19.1. The van der Waals surface area contributed by atoms with E-state index in [0.717, 1.165) is 0 Å². The van der Waals surface area contributed by atoms with Crippen LogP contribution in [-0.2, 0) is 0 Å². The molecule has 1 N–H and O–H groups in total. The molecule has 0 saturated heterocycles. The SMILES string of the molecule is CC(C)B(O)C([B]F)C(C)C. The molecule has 4 heteroatoms. The molecule has 0 spiro atoms. The Morgan fingerprint density at radius 1 is 1.27 bits per heavy atom. The molecule has 1 radical (unpaired) electrons. The van der Waals surface area contributed by atoms with Gasteiger partial charge in [0.05, 0.1) is 0 Å².